The second-order valence-corrected chi connectivity index (χ2v) is 6.38. The Morgan fingerprint density at radius 2 is 1.59 bits per heavy atom. The molecule has 0 aromatic rings. The summed E-state index contributed by atoms with van der Waals surface area (Å²) in [4.78, 5) is 11.9. The van der Waals surface area contributed by atoms with Crippen LogP contribution in [0, 0.1) is 11.8 Å². The number of hydrogen-bond acceptors (Lipinski definition) is 7. The van der Waals surface area contributed by atoms with Gasteiger partial charge in [-0.15, -0.1) is 0 Å². The zero-order valence-electron chi connectivity index (χ0n) is 13.5. The third kappa shape index (κ3) is 2.65. The average Bonchev–Trinajstić information content (AvgIpc) is 3.28. The van der Waals surface area contributed by atoms with Gasteiger partial charge in [0.05, 0.1) is 19.1 Å². The third-order valence-corrected chi connectivity index (χ3v) is 5.00. The molecule has 22 heavy (non-hydrogen) atoms. The topological polar surface area (TPSA) is 72.5 Å². The number of carbonyl (C=O) groups is 1. The fourth-order valence-corrected chi connectivity index (χ4v) is 3.02. The Hall–Kier alpha value is -0.730. The van der Waals surface area contributed by atoms with Crippen LogP contribution in [0.5, 0.6) is 0 Å². The van der Waals surface area contributed by atoms with Crippen LogP contribution in [0.3, 0.4) is 0 Å². The zero-order chi connectivity index (χ0) is 16.0. The van der Waals surface area contributed by atoms with E-state index in [9.17, 15) is 4.79 Å². The molecule has 3 aliphatic rings. The summed E-state index contributed by atoms with van der Waals surface area (Å²) in [5.74, 6) is -2.13. The standard InChI is InChI=1S/C15H24O7/c1-14(17-3)15(2,18-4)22-12-8-20-13(16)10-5-9(10)6-19-7-11(12)21-14/h9-12H,5-8H2,1-4H3/t9-,10-,11-,12-,14+,15+/m0/s1. The van der Waals surface area contributed by atoms with E-state index in [2.05, 4.69) is 0 Å². The number of carbonyl (C=O) groups excluding carboxylic acids is 1. The Bertz CT molecular complexity index is 442. The SMILES string of the molecule is CO[C@]1(C)O[C@H]2COC[C@@H]3C[C@@H]3C(=O)OC[C@@H]2O[C@@]1(C)OC. The van der Waals surface area contributed by atoms with Crippen LogP contribution in [0.2, 0.25) is 0 Å². The minimum absolute atomic E-state index is 0.0286. The van der Waals surface area contributed by atoms with Crippen molar-refractivity contribution >= 4 is 5.97 Å². The molecule has 1 aliphatic carbocycles. The van der Waals surface area contributed by atoms with E-state index < -0.39 is 23.8 Å². The molecule has 7 heteroatoms. The molecule has 0 radical (unpaired) electrons. The lowest BCUT2D eigenvalue weighted by atomic mass is 10.0. The first kappa shape index (κ1) is 16.1. The molecule has 0 aromatic carbocycles. The van der Waals surface area contributed by atoms with Crippen LogP contribution < -0.4 is 0 Å². The Morgan fingerprint density at radius 1 is 1.00 bits per heavy atom. The quantitative estimate of drug-likeness (QED) is 0.695. The summed E-state index contributed by atoms with van der Waals surface area (Å²) >= 11 is 0. The van der Waals surface area contributed by atoms with Gasteiger partial charge in [0.2, 0.25) is 11.6 Å². The number of cyclic esters (lactones) is 1. The summed E-state index contributed by atoms with van der Waals surface area (Å²) in [6, 6.07) is 0. The van der Waals surface area contributed by atoms with Crippen molar-refractivity contribution in [2.75, 3.05) is 34.0 Å². The molecule has 1 saturated carbocycles. The highest BCUT2D eigenvalue weighted by Crippen LogP contribution is 2.42. The summed E-state index contributed by atoms with van der Waals surface area (Å²) in [6.07, 6.45) is -0.0229. The fraction of sp³-hybridized carbons (Fsp3) is 0.933. The molecule has 6 atom stereocenters. The molecule has 3 fully saturated rings. The van der Waals surface area contributed by atoms with E-state index in [0.29, 0.717) is 13.2 Å². The molecule has 0 N–H and O–H groups in total. The van der Waals surface area contributed by atoms with Crippen LogP contribution in [-0.2, 0) is 33.2 Å². The van der Waals surface area contributed by atoms with E-state index in [1.54, 1.807) is 13.8 Å². The van der Waals surface area contributed by atoms with Crippen LogP contribution in [-0.4, -0.2) is 63.8 Å². The number of methoxy groups -OCH3 is 2. The second-order valence-electron chi connectivity index (χ2n) is 6.38. The molecule has 2 aliphatic heterocycles. The van der Waals surface area contributed by atoms with Crippen molar-refractivity contribution in [2.24, 2.45) is 11.8 Å². The molecular weight excluding hydrogens is 292 g/mol. The van der Waals surface area contributed by atoms with E-state index in [1.807, 2.05) is 0 Å². The van der Waals surface area contributed by atoms with Gasteiger partial charge in [-0.1, -0.05) is 0 Å². The lowest BCUT2D eigenvalue weighted by molar-refractivity contribution is -0.452. The van der Waals surface area contributed by atoms with Crippen molar-refractivity contribution in [3.05, 3.63) is 0 Å². The lowest BCUT2D eigenvalue weighted by Crippen LogP contribution is -2.66. The number of esters is 1. The maximum atomic E-state index is 11.9. The minimum Gasteiger partial charge on any atom is -0.463 e. The van der Waals surface area contributed by atoms with Gasteiger partial charge in [0.25, 0.3) is 0 Å². The second kappa shape index (κ2) is 5.72. The molecule has 0 amide bonds. The van der Waals surface area contributed by atoms with Crippen molar-refractivity contribution < 1.29 is 33.2 Å². The van der Waals surface area contributed by atoms with Crippen molar-refractivity contribution in [1.29, 1.82) is 0 Å². The van der Waals surface area contributed by atoms with E-state index >= 15 is 0 Å². The minimum atomic E-state index is -1.11. The Labute approximate surface area is 130 Å². The largest absolute Gasteiger partial charge is 0.463 e. The Balaban J connectivity index is 1.77. The van der Waals surface area contributed by atoms with Gasteiger partial charge in [-0.25, -0.2) is 0 Å². The van der Waals surface area contributed by atoms with Gasteiger partial charge in [-0.3, -0.25) is 4.79 Å². The Morgan fingerprint density at radius 3 is 2.18 bits per heavy atom. The maximum absolute atomic E-state index is 11.9. The predicted molar refractivity (Wildman–Crippen MR) is 73.9 cm³/mol. The zero-order valence-corrected chi connectivity index (χ0v) is 13.5. The normalized spacial score (nSPS) is 48.8. The molecule has 126 valence electrons. The van der Waals surface area contributed by atoms with Gasteiger partial charge in [-0.05, 0) is 26.2 Å². The summed E-state index contributed by atoms with van der Waals surface area (Å²) in [6.45, 7) is 4.52. The van der Waals surface area contributed by atoms with Crippen LogP contribution in [0.4, 0.5) is 0 Å². The Kier molecular flexibility index (Phi) is 4.20. The monoisotopic (exact) mass is 316 g/mol. The van der Waals surface area contributed by atoms with Gasteiger partial charge in [0.15, 0.2) is 0 Å². The van der Waals surface area contributed by atoms with E-state index in [4.69, 9.17) is 28.4 Å². The summed E-state index contributed by atoms with van der Waals surface area (Å²) in [5, 5.41) is 0. The number of rotatable bonds is 2. The van der Waals surface area contributed by atoms with E-state index in [-0.39, 0.29) is 24.4 Å². The third-order valence-electron chi connectivity index (χ3n) is 5.00. The molecule has 2 saturated heterocycles. The van der Waals surface area contributed by atoms with E-state index in [1.165, 1.54) is 14.2 Å². The van der Waals surface area contributed by atoms with Crippen molar-refractivity contribution in [1.82, 2.24) is 0 Å². The van der Waals surface area contributed by atoms with Crippen LogP contribution in [0.25, 0.3) is 0 Å². The first-order valence-corrected chi connectivity index (χ1v) is 7.63. The fourth-order valence-electron chi connectivity index (χ4n) is 3.02. The lowest BCUT2D eigenvalue weighted by Gasteiger charge is -2.51. The molecule has 2 heterocycles. The highest BCUT2D eigenvalue weighted by Gasteiger charge is 2.57. The molecule has 0 aromatic heterocycles. The summed E-state index contributed by atoms with van der Waals surface area (Å²) < 4.78 is 34.1. The molecule has 7 nitrogen and oxygen atoms in total. The highest BCUT2D eigenvalue weighted by molar-refractivity contribution is 5.75. The summed E-state index contributed by atoms with van der Waals surface area (Å²) in [5.41, 5.74) is 0. The highest BCUT2D eigenvalue weighted by atomic mass is 16.8. The van der Waals surface area contributed by atoms with Crippen molar-refractivity contribution in [2.45, 2.75) is 44.1 Å². The van der Waals surface area contributed by atoms with Crippen LogP contribution in [0.15, 0.2) is 0 Å². The number of hydrogen-bond donors (Lipinski definition) is 0. The van der Waals surface area contributed by atoms with Gasteiger partial charge < -0.3 is 28.4 Å². The maximum Gasteiger partial charge on any atom is 0.309 e. The van der Waals surface area contributed by atoms with Gasteiger partial charge >= 0.3 is 5.97 Å². The molecule has 0 unspecified atom stereocenters. The van der Waals surface area contributed by atoms with Crippen molar-refractivity contribution in [3.63, 3.8) is 0 Å². The predicted octanol–water partition coefficient (Wildman–Crippen LogP) is 0.705. The van der Waals surface area contributed by atoms with Crippen molar-refractivity contribution in [3.8, 4) is 0 Å². The van der Waals surface area contributed by atoms with Gasteiger partial charge in [0.1, 0.15) is 18.8 Å². The number of fused-ring (bicyclic) bond motifs is 2. The first-order chi connectivity index (χ1) is 10.4. The average molecular weight is 316 g/mol. The van der Waals surface area contributed by atoms with Gasteiger partial charge in [-0.2, -0.15) is 0 Å². The molecular formula is C15H24O7. The smallest absolute Gasteiger partial charge is 0.309 e. The van der Waals surface area contributed by atoms with E-state index in [0.717, 1.165) is 6.42 Å². The molecule has 0 spiro atoms. The molecule has 3 rings (SSSR count). The summed E-state index contributed by atoms with van der Waals surface area (Å²) in [7, 11) is 3.06. The number of ether oxygens (including phenoxy) is 6. The van der Waals surface area contributed by atoms with Crippen LogP contribution in [0.1, 0.15) is 20.3 Å². The first-order valence-electron chi connectivity index (χ1n) is 7.63. The van der Waals surface area contributed by atoms with Crippen LogP contribution >= 0.6 is 0 Å². The molecule has 0 bridgehead atoms. The van der Waals surface area contributed by atoms with Gasteiger partial charge in [0, 0.05) is 14.2 Å².